The number of aliphatic hydroxyl groups is 3. The van der Waals surface area contributed by atoms with Crippen LogP contribution in [0.15, 0.2) is 23.0 Å². The van der Waals surface area contributed by atoms with Crippen LogP contribution in [0, 0.1) is 18.8 Å². The Bertz CT molecular complexity index is 1100. The van der Waals surface area contributed by atoms with E-state index in [4.69, 9.17) is 5.73 Å². The second kappa shape index (κ2) is 6.43. The van der Waals surface area contributed by atoms with Gasteiger partial charge < -0.3 is 26.2 Å². The van der Waals surface area contributed by atoms with Gasteiger partial charge in [-0.05, 0) is 48.8 Å². The van der Waals surface area contributed by atoms with Crippen LogP contribution in [0.3, 0.4) is 0 Å². The summed E-state index contributed by atoms with van der Waals surface area (Å²) in [7, 11) is 0. The van der Waals surface area contributed by atoms with Gasteiger partial charge in [-0.2, -0.15) is 0 Å². The van der Waals surface area contributed by atoms with Crippen molar-refractivity contribution < 1.29 is 34.8 Å². The standard InChI is InChI=1S/C22H23NO7/c1-3-9-4-8(2)17(25)15-12(9)6-10-5-11-7-13(24)16(21(23)29)20(28)22(11,30)19(27)14(10)18(15)26/h4,10-11,25-26,28,30H,3,5-7H2,1-2H3,(H2,23,29)/t10-,11+,22+/m0/s1. The molecule has 1 amide bonds. The molecule has 0 unspecified atom stereocenters. The Labute approximate surface area is 172 Å². The molecule has 8 heteroatoms. The van der Waals surface area contributed by atoms with E-state index >= 15 is 0 Å². The van der Waals surface area contributed by atoms with Gasteiger partial charge in [-0.25, -0.2) is 0 Å². The Balaban J connectivity index is 1.96. The van der Waals surface area contributed by atoms with Crippen LogP contribution >= 0.6 is 0 Å². The molecular formula is C22H23NO7. The molecule has 1 fully saturated rings. The van der Waals surface area contributed by atoms with Gasteiger partial charge in [-0.1, -0.05) is 13.0 Å². The molecule has 3 aliphatic rings. The predicted molar refractivity (Wildman–Crippen MR) is 106 cm³/mol. The zero-order valence-corrected chi connectivity index (χ0v) is 16.7. The first-order valence-corrected chi connectivity index (χ1v) is 9.85. The van der Waals surface area contributed by atoms with Gasteiger partial charge in [-0.15, -0.1) is 0 Å². The molecule has 0 bridgehead atoms. The summed E-state index contributed by atoms with van der Waals surface area (Å²) >= 11 is 0. The Kier molecular flexibility index (Phi) is 4.32. The third kappa shape index (κ3) is 2.40. The fourth-order valence-corrected chi connectivity index (χ4v) is 5.23. The van der Waals surface area contributed by atoms with E-state index < -0.39 is 52.0 Å². The van der Waals surface area contributed by atoms with Crippen molar-refractivity contribution in [3.05, 3.63) is 45.2 Å². The monoisotopic (exact) mass is 413 g/mol. The highest BCUT2D eigenvalue weighted by molar-refractivity contribution is 6.22. The highest BCUT2D eigenvalue weighted by atomic mass is 16.3. The summed E-state index contributed by atoms with van der Waals surface area (Å²) < 4.78 is 0. The van der Waals surface area contributed by atoms with Gasteiger partial charge in [0.1, 0.15) is 22.8 Å². The molecule has 158 valence electrons. The molecule has 1 saturated carbocycles. The molecule has 0 radical (unpaired) electrons. The van der Waals surface area contributed by atoms with Crippen molar-refractivity contribution in [2.75, 3.05) is 0 Å². The lowest BCUT2D eigenvalue weighted by Gasteiger charge is -2.46. The first-order chi connectivity index (χ1) is 14.0. The normalized spacial score (nSPS) is 28.2. The van der Waals surface area contributed by atoms with E-state index in [9.17, 15) is 34.8 Å². The van der Waals surface area contributed by atoms with E-state index in [1.54, 1.807) is 6.92 Å². The highest BCUT2D eigenvalue weighted by Gasteiger charge is 2.60. The molecule has 8 nitrogen and oxygen atoms in total. The number of aliphatic hydroxyl groups excluding tert-OH is 2. The Morgan fingerprint density at radius 3 is 2.50 bits per heavy atom. The Hall–Kier alpha value is -3.13. The topological polar surface area (TPSA) is 158 Å². The molecule has 1 aromatic rings. The number of fused-ring (bicyclic) bond motifs is 3. The molecule has 3 atom stereocenters. The fourth-order valence-electron chi connectivity index (χ4n) is 5.23. The number of carbonyl (C=O) groups excluding carboxylic acids is 3. The summed E-state index contributed by atoms with van der Waals surface area (Å²) in [6, 6.07) is 1.84. The van der Waals surface area contributed by atoms with Gasteiger partial charge in [0.05, 0.1) is 5.56 Å². The number of rotatable bonds is 2. The average molecular weight is 413 g/mol. The lowest BCUT2D eigenvalue weighted by atomic mass is 9.59. The van der Waals surface area contributed by atoms with Crippen LogP contribution in [0.5, 0.6) is 5.75 Å². The van der Waals surface area contributed by atoms with Gasteiger partial charge >= 0.3 is 0 Å². The van der Waals surface area contributed by atoms with Gasteiger partial charge in [0.25, 0.3) is 5.91 Å². The van der Waals surface area contributed by atoms with Crippen molar-refractivity contribution in [2.24, 2.45) is 17.6 Å². The van der Waals surface area contributed by atoms with Crippen molar-refractivity contribution in [1.82, 2.24) is 0 Å². The lowest BCUT2D eigenvalue weighted by Crippen LogP contribution is -2.58. The van der Waals surface area contributed by atoms with E-state index in [1.807, 2.05) is 13.0 Å². The van der Waals surface area contributed by atoms with Crippen LogP contribution < -0.4 is 5.73 Å². The smallest absolute Gasteiger partial charge is 0.255 e. The number of amides is 1. The van der Waals surface area contributed by atoms with Crippen LogP contribution in [0.25, 0.3) is 5.76 Å². The van der Waals surface area contributed by atoms with E-state index in [2.05, 4.69) is 0 Å². The molecule has 1 aromatic carbocycles. The fraction of sp³-hybridized carbons (Fsp3) is 0.409. The molecule has 0 spiro atoms. The van der Waals surface area contributed by atoms with E-state index in [-0.39, 0.29) is 29.7 Å². The first-order valence-electron chi connectivity index (χ1n) is 9.85. The van der Waals surface area contributed by atoms with Gasteiger partial charge in [0, 0.05) is 17.9 Å². The Morgan fingerprint density at radius 2 is 1.90 bits per heavy atom. The minimum atomic E-state index is -2.53. The minimum absolute atomic E-state index is 0.117. The summed E-state index contributed by atoms with van der Waals surface area (Å²) in [6.45, 7) is 3.63. The summed E-state index contributed by atoms with van der Waals surface area (Å²) in [5.74, 6) is -6.04. The van der Waals surface area contributed by atoms with Gasteiger partial charge in [-0.3, -0.25) is 14.4 Å². The van der Waals surface area contributed by atoms with Crippen molar-refractivity contribution in [1.29, 1.82) is 0 Å². The number of primary amides is 1. The van der Waals surface area contributed by atoms with Crippen LogP contribution in [0.4, 0.5) is 0 Å². The van der Waals surface area contributed by atoms with Gasteiger partial charge in [0.2, 0.25) is 5.78 Å². The highest BCUT2D eigenvalue weighted by Crippen LogP contribution is 2.52. The van der Waals surface area contributed by atoms with Crippen molar-refractivity contribution >= 4 is 23.2 Å². The maximum absolute atomic E-state index is 13.4. The molecular weight excluding hydrogens is 390 g/mol. The number of hydrogen-bond acceptors (Lipinski definition) is 7. The molecule has 0 aliphatic heterocycles. The number of phenolic OH excluding ortho intramolecular Hbond substituents is 1. The second-order valence-electron chi connectivity index (χ2n) is 8.31. The SMILES string of the molecule is CCc1cc(C)c(O)c2c1C[C@@H]1C[C@@H]3CC(=O)C(C(N)=O)=C(O)[C@]3(O)C(=O)C1=C2O. The van der Waals surface area contributed by atoms with E-state index in [0.29, 0.717) is 18.4 Å². The molecule has 0 aromatic heterocycles. The number of phenols is 1. The number of aromatic hydroxyl groups is 1. The molecule has 4 rings (SSSR count). The van der Waals surface area contributed by atoms with Crippen molar-refractivity contribution in [3.63, 3.8) is 0 Å². The first kappa shape index (κ1) is 20.2. The zero-order valence-electron chi connectivity index (χ0n) is 16.7. The summed E-state index contributed by atoms with van der Waals surface area (Å²) in [6.07, 6.45) is 0.817. The number of nitrogens with two attached hydrogens (primary N) is 1. The van der Waals surface area contributed by atoms with E-state index in [0.717, 1.165) is 11.1 Å². The maximum atomic E-state index is 13.4. The number of hydrogen-bond donors (Lipinski definition) is 5. The molecule has 6 N–H and O–H groups in total. The van der Waals surface area contributed by atoms with Crippen LogP contribution in [0.1, 0.15) is 42.0 Å². The number of aryl methyl sites for hydroxylation is 2. The maximum Gasteiger partial charge on any atom is 0.255 e. The van der Waals surface area contributed by atoms with Crippen LogP contribution in [-0.4, -0.2) is 43.5 Å². The third-order valence-electron chi connectivity index (χ3n) is 6.73. The number of ketones is 2. The average Bonchev–Trinajstić information content (AvgIpc) is 2.67. The number of benzene rings is 1. The molecule has 30 heavy (non-hydrogen) atoms. The van der Waals surface area contributed by atoms with Crippen molar-refractivity contribution in [2.45, 2.75) is 45.1 Å². The summed E-state index contributed by atoms with van der Waals surface area (Å²) in [5.41, 5.74) is 4.09. The third-order valence-corrected chi connectivity index (χ3v) is 6.73. The lowest BCUT2D eigenvalue weighted by molar-refractivity contribution is -0.147. The second-order valence-corrected chi connectivity index (χ2v) is 8.31. The number of Topliss-reactive ketones (excluding diaryl/α,β-unsaturated/α-hetero) is 2. The van der Waals surface area contributed by atoms with Crippen LogP contribution in [-0.2, 0) is 27.2 Å². The van der Waals surface area contributed by atoms with Crippen LogP contribution in [0.2, 0.25) is 0 Å². The molecule has 0 saturated heterocycles. The zero-order chi connectivity index (χ0) is 22.1. The number of carbonyl (C=O) groups is 3. The van der Waals surface area contributed by atoms with E-state index in [1.165, 1.54) is 0 Å². The molecule has 0 heterocycles. The summed E-state index contributed by atoms with van der Waals surface area (Å²) in [4.78, 5) is 37.3. The largest absolute Gasteiger partial charge is 0.508 e. The molecule has 3 aliphatic carbocycles. The quantitative estimate of drug-likeness (QED) is 0.457. The summed E-state index contributed by atoms with van der Waals surface area (Å²) in [5, 5.41) is 43.3. The van der Waals surface area contributed by atoms with Gasteiger partial charge in [0.15, 0.2) is 11.4 Å². The van der Waals surface area contributed by atoms with Crippen molar-refractivity contribution in [3.8, 4) is 5.75 Å². The Morgan fingerprint density at radius 1 is 1.23 bits per heavy atom. The predicted octanol–water partition coefficient (Wildman–Crippen LogP) is 1.29. The minimum Gasteiger partial charge on any atom is -0.508 e.